The summed E-state index contributed by atoms with van der Waals surface area (Å²) in [7, 11) is 0. The average molecular weight is 533 g/mol. The van der Waals surface area contributed by atoms with Crippen molar-refractivity contribution in [3.63, 3.8) is 0 Å². The minimum absolute atomic E-state index is 0.233. The van der Waals surface area contributed by atoms with Gasteiger partial charge in [-0.05, 0) is 56.6 Å². The number of para-hydroxylation sites is 1. The van der Waals surface area contributed by atoms with Gasteiger partial charge >= 0.3 is 0 Å². The zero-order chi connectivity index (χ0) is 26.0. The van der Waals surface area contributed by atoms with Crippen LogP contribution in [0, 0.1) is 23.7 Å². The number of hydrogen-bond donors (Lipinski definition) is 1. The standard InChI is InChI=1S/C29H37ClO7/c1-20(31)12-14-22-23(27(18-25(22)32)37-29-11-5-7-17-34-29)15-13-21(36-28-10-4-6-16-33-28)19-35-26-9-3-2-8-24(26)30/h2-3,8-9,13,15,21-23,25,27-29,32H,4-7,10-11,16-19H2,1H3. The van der Waals surface area contributed by atoms with Crippen LogP contribution in [0.2, 0.25) is 5.02 Å². The lowest BCUT2D eigenvalue weighted by molar-refractivity contribution is -0.193. The molecule has 3 fully saturated rings. The molecule has 0 amide bonds. The van der Waals surface area contributed by atoms with Gasteiger partial charge < -0.3 is 28.8 Å². The van der Waals surface area contributed by atoms with Crippen molar-refractivity contribution >= 4 is 17.4 Å². The summed E-state index contributed by atoms with van der Waals surface area (Å²) in [4.78, 5) is 11.6. The molecule has 202 valence electrons. The molecular weight excluding hydrogens is 496 g/mol. The molecule has 7 atom stereocenters. The number of hydrogen-bond acceptors (Lipinski definition) is 7. The maximum absolute atomic E-state index is 11.6. The first-order valence-corrected chi connectivity index (χ1v) is 13.7. The van der Waals surface area contributed by atoms with E-state index in [9.17, 15) is 9.90 Å². The fourth-order valence-corrected chi connectivity index (χ4v) is 5.14. The molecule has 0 bridgehead atoms. The Kier molecular flexibility index (Phi) is 10.9. The van der Waals surface area contributed by atoms with Gasteiger partial charge in [0.15, 0.2) is 12.6 Å². The summed E-state index contributed by atoms with van der Waals surface area (Å²) >= 11 is 6.28. The highest BCUT2D eigenvalue weighted by atomic mass is 35.5. The molecule has 8 heteroatoms. The summed E-state index contributed by atoms with van der Waals surface area (Å²) in [6.45, 7) is 2.99. The molecule has 37 heavy (non-hydrogen) atoms. The summed E-state index contributed by atoms with van der Waals surface area (Å²) in [5, 5.41) is 11.3. The molecular formula is C29H37ClO7. The van der Waals surface area contributed by atoms with Crippen molar-refractivity contribution in [2.45, 2.75) is 82.8 Å². The van der Waals surface area contributed by atoms with Crippen LogP contribution in [0.15, 0.2) is 36.4 Å². The van der Waals surface area contributed by atoms with Gasteiger partial charge in [-0.25, -0.2) is 0 Å². The van der Waals surface area contributed by atoms with E-state index in [1.165, 1.54) is 6.92 Å². The predicted octanol–water partition coefficient (Wildman–Crippen LogP) is 4.69. The second-order valence-corrected chi connectivity index (χ2v) is 10.2. The largest absolute Gasteiger partial charge is 0.489 e. The molecule has 1 aromatic rings. The topological polar surface area (TPSA) is 83.5 Å². The van der Waals surface area contributed by atoms with Gasteiger partial charge in [-0.3, -0.25) is 4.79 Å². The molecule has 0 aromatic heterocycles. The average Bonchev–Trinajstić information content (AvgIpc) is 3.19. The normalized spacial score (nSPS) is 31.0. The van der Waals surface area contributed by atoms with Crippen molar-refractivity contribution in [3.05, 3.63) is 41.4 Å². The van der Waals surface area contributed by atoms with Crippen LogP contribution in [0.1, 0.15) is 51.9 Å². The van der Waals surface area contributed by atoms with Gasteiger partial charge in [-0.2, -0.15) is 0 Å². The van der Waals surface area contributed by atoms with E-state index in [-0.39, 0.29) is 37.0 Å². The number of ketones is 1. The molecule has 7 nitrogen and oxygen atoms in total. The molecule has 3 aliphatic rings. The van der Waals surface area contributed by atoms with Crippen molar-refractivity contribution in [2.24, 2.45) is 11.8 Å². The monoisotopic (exact) mass is 532 g/mol. The van der Waals surface area contributed by atoms with E-state index in [0.717, 1.165) is 38.5 Å². The number of benzene rings is 1. The fraction of sp³-hybridized carbons (Fsp3) is 0.621. The summed E-state index contributed by atoms with van der Waals surface area (Å²) in [5.41, 5.74) is 0. The summed E-state index contributed by atoms with van der Waals surface area (Å²) in [6.07, 6.45) is 8.05. The van der Waals surface area contributed by atoms with Gasteiger partial charge in [0.1, 0.15) is 18.5 Å². The lowest BCUT2D eigenvalue weighted by Crippen LogP contribution is -2.32. The van der Waals surface area contributed by atoms with Crippen molar-refractivity contribution in [1.82, 2.24) is 0 Å². The van der Waals surface area contributed by atoms with Crippen molar-refractivity contribution < 1.29 is 33.6 Å². The van der Waals surface area contributed by atoms with E-state index < -0.39 is 18.1 Å². The Morgan fingerprint density at radius 3 is 2.57 bits per heavy atom. The Morgan fingerprint density at radius 1 is 1.16 bits per heavy atom. The first-order valence-electron chi connectivity index (χ1n) is 13.3. The molecule has 7 unspecified atom stereocenters. The number of halogens is 1. The predicted molar refractivity (Wildman–Crippen MR) is 139 cm³/mol. The summed E-state index contributed by atoms with van der Waals surface area (Å²) < 4.78 is 30.1. The van der Waals surface area contributed by atoms with Crippen LogP contribution in [0.25, 0.3) is 0 Å². The van der Waals surface area contributed by atoms with E-state index in [4.69, 9.17) is 35.3 Å². The molecule has 2 heterocycles. The fourth-order valence-electron chi connectivity index (χ4n) is 4.95. The zero-order valence-corrected chi connectivity index (χ0v) is 22.1. The number of ether oxygens (including phenoxy) is 5. The Hall–Kier alpha value is -1.92. The highest BCUT2D eigenvalue weighted by Crippen LogP contribution is 2.37. The Labute approximate surface area is 224 Å². The van der Waals surface area contributed by atoms with E-state index in [0.29, 0.717) is 30.4 Å². The number of carbonyl (C=O) groups is 1. The van der Waals surface area contributed by atoms with Gasteiger partial charge in [-0.15, -0.1) is 0 Å². The number of carbonyl (C=O) groups excluding carboxylic acids is 1. The van der Waals surface area contributed by atoms with E-state index >= 15 is 0 Å². The second kappa shape index (κ2) is 14.3. The van der Waals surface area contributed by atoms with E-state index in [1.807, 2.05) is 30.4 Å². The lowest BCUT2D eigenvalue weighted by atomic mass is 9.93. The van der Waals surface area contributed by atoms with Crippen molar-refractivity contribution in [3.8, 4) is 17.6 Å². The van der Waals surface area contributed by atoms with Crippen LogP contribution in [0.5, 0.6) is 5.75 Å². The zero-order valence-electron chi connectivity index (χ0n) is 21.4. The van der Waals surface area contributed by atoms with Gasteiger partial charge in [0, 0.05) is 32.5 Å². The van der Waals surface area contributed by atoms with Crippen LogP contribution in [-0.4, -0.2) is 61.6 Å². The maximum Gasteiger partial charge on any atom is 0.202 e. The lowest BCUT2D eigenvalue weighted by Gasteiger charge is -2.29. The number of aliphatic hydroxyl groups excluding tert-OH is 1. The molecule has 2 aliphatic heterocycles. The summed E-state index contributed by atoms with van der Waals surface area (Å²) in [6, 6.07) is 7.31. The molecule has 1 saturated carbocycles. The van der Waals surface area contributed by atoms with Gasteiger partial charge in [-0.1, -0.05) is 41.8 Å². The molecule has 2 saturated heterocycles. The quantitative estimate of drug-likeness (QED) is 0.281. The molecule has 0 radical (unpaired) electrons. The van der Waals surface area contributed by atoms with Gasteiger partial charge in [0.25, 0.3) is 0 Å². The third-order valence-electron chi connectivity index (χ3n) is 6.86. The Morgan fingerprint density at radius 2 is 1.89 bits per heavy atom. The van der Waals surface area contributed by atoms with Crippen molar-refractivity contribution in [1.29, 1.82) is 0 Å². The molecule has 1 aliphatic carbocycles. The van der Waals surface area contributed by atoms with Gasteiger partial charge in [0.05, 0.1) is 23.1 Å². The van der Waals surface area contributed by atoms with Gasteiger partial charge in [0.2, 0.25) is 5.78 Å². The second-order valence-electron chi connectivity index (χ2n) is 9.80. The Bertz CT molecular complexity index is 958. The third-order valence-corrected chi connectivity index (χ3v) is 7.18. The first-order chi connectivity index (χ1) is 18.0. The smallest absolute Gasteiger partial charge is 0.202 e. The van der Waals surface area contributed by atoms with Crippen LogP contribution < -0.4 is 4.74 Å². The molecule has 4 rings (SSSR count). The highest BCUT2D eigenvalue weighted by molar-refractivity contribution is 6.32. The number of rotatable bonds is 9. The number of aliphatic hydroxyl groups is 1. The maximum atomic E-state index is 11.6. The van der Waals surface area contributed by atoms with Crippen LogP contribution in [0.4, 0.5) is 0 Å². The van der Waals surface area contributed by atoms with Crippen LogP contribution >= 0.6 is 11.6 Å². The number of Topliss-reactive ketones (excluding diaryl/α,β-unsaturated/α-hetero) is 1. The van der Waals surface area contributed by atoms with Crippen LogP contribution in [0.3, 0.4) is 0 Å². The molecule has 0 spiro atoms. The van der Waals surface area contributed by atoms with Crippen molar-refractivity contribution in [2.75, 3.05) is 19.8 Å². The first kappa shape index (κ1) is 28.1. The minimum atomic E-state index is -0.712. The summed E-state index contributed by atoms with van der Waals surface area (Å²) in [5.74, 6) is 5.26. The highest BCUT2D eigenvalue weighted by Gasteiger charge is 2.42. The molecule has 1 N–H and O–H groups in total. The molecule has 1 aromatic carbocycles. The Balaban J connectivity index is 1.51. The van der Waals surface area contributed by atoms with E-state index in [1.54, 1.807) is 6.07 Å². The minimum Gasteiger partial charge on any atom is -0.489 e. The third kappa shape index (κ3) is 8.54. The van der Waals surface area contributed by atoms with E-state index in [2.05, 4.69) is 11.8 Å². The van der Waals surface area contributed by atoms with Crippen LogP contribution in [-0.2, 0) is 23.7 Å². The SMILES string of the molecule is CC(=O)C#CC1C(O)CC(OC2CCCCO2)C1C=CC(COc1ccccc1Cl)OC1CCCCO1.